The summed E-state index contributed by atoms with van der Waals surface area (Å²) in [6.45, 7) is 7.53. The summed E-state index contributed by atoms with van der Waals surface area (Å²) in [4.78, 5) is 18.4. The second kappa shape index (κ2) is 10.4. The fourth-order valence-corrected chi connectivity index (χ4v) is 5.21. The zero-order valence-electron chi connectivity index (χ0n) is 17.9. The van der Waals surface area contributed by atoms with E-state index in [2.05, 4.69) is 50.1 Å². The van der Waals surface area contributed by atoms with Gasteiger partial charge in [-0.15, -0.1) is 0 Å². The van der Waals surface area contributed by atoms with Crippen LogP contribution in [0.5, 0.6) is 0 Å². The van der Waals surface area contributed by atoms with Crippen LogP contribution in [0.1, 0.15) is 37.7 Å². The van der Waals surface area contributed by atoms with Gasteiger partial charge in [-0.05, 0) is 85.1 Å². The smallest absolute Gasteiger partial charge is 0.317 e. The summed E-state index contributed by atoms with van der Waals surface area (Å²) in [5.41, 5.74) is 2.38. The van der Waals surface area contributed by atoms with Crippen LogP contribution in [-0.4, -0.2) is 68.7 Å². The van der Waals surface area contributed by atoms with Crippen molar-refractivity contribution in [3.63, 3.8) is 0 Å². The Balaban J connectivity index is 1.38. The van der Waals surface area contributed by atoms with Crippen LogP contribution in [0.4, 0.5) is 10.5 Å². The molecule has 29 heavy (non-hydrogen) atoms. The molecule has 5 nitrogen and oxygen atoms in total. The number of urea groups is 1. The number of anilines is 1. The summed E-state index contributed by atoms with van der Waals surface area (Å²) in [6, 6.07) is 4.65. The number of carbonyl (C=O) groups excluding carboxylic acids is 1. The molecule has 2 amide bonds. The minimum Gasteiger partial charge on any atom is -0.368 e. The molecule has 0 unspecified atom stereocenters. The molecule has 1 aliphatic carbocycles. The molecule has 2 fully saturated rings. The molecule has 1 N–H and O–H groups in total. The predicted molar refractivity (Wildman–Crippen MR) is 125 cm³/mol. The monoisotopic (exact) mass is 484 g/mol. The van der Waals surface area contributed by atoms with E-state index in [1.54, 1.807) is 19.0 Å². The maximum absolute atomic E-state index is 11.8. The Morgan fingerprint density at radius 1 is 1.17 bits per heavy atom. The Kier molecular flexibility index (Phi) is 8.11. The summed E-state index contributed by atoms with van der Waals surface area (Å²) in [5.74, 6) is 0.794. The van der Waals surface area contributed by atoms with E-state index in [-0.39, 0.29) is 6.03 Å². The molecule has 2 aliphatic rings. The van der Waals surface area contributed by atoms with Crippen molar-refractivity contribution in [3.05, 3.63) is 27.2 Å². The van der Waals surface area contributed by atoms with E-state index in [9.17, 15) is 4.79 Å². The number of nitrogens with one attached hydrogen (secondary N) is 1. The number of nitrogens with zero attached hydrogens (tertiary/aromatic N) is 3. The maximum Gasteiger partial charge on any atom is 0.317 e. The largest absolute Gasteiger partial charge is 0.368 e. The standard InChI is InChI=1S/C22H34BrClN4O/c1-16-14-19(23)21(24)20(15-16)28-12-10-27(11-13-28)9-8-17-4-6-18(7-5-17)25-22(29)26(2)3/h14-15,17-18H,4-13H2,1-3H3,(H,25,29). The second-order valence-corrected chi connectivity index (χ2v) is 9.99. The van der Waals surface area contributed by atoms with Crippen molar-refractivity contribution < 1.29 is 4.79 Å². The van der Waals surface area contributed by atoms with Crippen molar-refractivity contribution in [1.29, 1.82) is 0 Å². The predicted octanol–water partition coefficient (Wildman–Crippen LogP) is 4.75. The Labute approximate surface area is 188 Å². The maximum atomic E-state index is 11.8. The molecule has 7 heteroatoms. The van der Waals surface area contributed by atoms with Crippen molar-refractivity contribution in [2.75, 3.05) is 51.7 Å². The third kappa shape index (κ3) is 6.25. The average Bonchev–Trinajstić information content (AvgIpc) is 2.70. The van der Waals surface area contributed by atoms with Gasteiger partial charge in [-0.2, -0.15) is 0 Å². The number of hydrogen-bond donors (Lipinski definition) is 1. The molecule has 0 atom stereocenters. The van der Waals surface area contributed by atoms with Gasteiger partial charge < -0.3 is 15.1 Å². The van der Waals surface area contributed by atoms with E-state index >= 15 is 0 Å². The van der Waals surface area contributed by atoms with Crippen molar-refractivity contribution in [2.45, 2.75) is 45.1 Å². The van der Waals surface area contributed by atoms with Crippen LogP contribution in [0, 0.1) is 12.8 Å². The number of benzene rings is 1. The third-order valence-corrected chi connectivity index (χ3v) is 7.55. The van der Waals surface area contributed by atoms with Gasteiger partial charge in [0, 0.05) is 50.8 Å². The second-order valence-electron chi connectivity index (χ2n) is 8.76. The van der Waals surface area contributed by atoms with Crippen LogP contribution in [0.3, 0.4) is 0 Å². The van der Waals surface area contributed by atoms with E-state index in [0.29, 0.717) is 6.04 Å². The highest BCUT2D eigenvalue weighted by atomic mass is 79.9. The van der Waals surface area contributed by atoms with Gasteiger partial charge in [-0.25, -0.2) is 4.79 Å². The Morgan fingerprint density at radius 2 is 1.83 bits per heavy atom. The summed E-state index contributed by atoms with van der Waals surface area (Å²) in [6.07, 6.45) is 5.94. The van der Waals surface area contributed by atoms with Crippen molar-refractivity contribution >= 4 is 39.2 Å². The lowest BCUT2D eigenvalue weighted by Gasteiger charge is -2.38. The van der Waals surface area contributed by atoms with E-state index in [1.165, 1.54) is 31.4 Å². The van der Waals surface area contributed by atoms with Gasteiger partial charge in [0.05, 0.1) is 10.7 Å². The number of hydrogen-bond acceptors (Lipinski definition) is 3. The normalized spacial score (nSPS) is 23.1. The van der Waals surface area contributed by atoms with E-state index < -0.39 is 0 Å². The number of rotatable bonds is 5. The minimum absolute atomic E-state index is 0.0343. The SMILES string of the molecule is Cc1cc(Br)c(Cl)c(N2CCN(CCC3CCC(NC(=O)N(C)C)CC3)CC2)c1. The van der Waals surface area contributed by atoms with Gasteiger partial charge >= 0.3 is 6.03 Å². The first-order valence-corrected chi connectivity index (χ1v) is 11.9. The molecule has 1 saturated heterocycles. The molecule has 162 valence electrons. The first-order valence-electron chi connectivity index (χ1n) is 10.7. The summed E-state index contributed by atoms with van der Waals surface area (Å²) in [5, 5.41) is 3.96. The highest BCUT2D eigenvalue weighted by Crippen LogP contribution is 2.35. The van der Waals surface area contributed by atoms with Gasteiger partial charge in [0.1, 0.15) is 0 Å². The van der Waals surface area contributed by atoms with Gasteiger partial charge in [-0.3, -0.25) is 4.90 Å². The molecule has 0 radical (unpaired) electrons. The van der Waals surface area contributed by atoms with Crippen molar-refractivity contribution in [2.24, 2.45) is 5.92 Å². The lowest BCUT2D eigenvalue weighted by Crippen LogP contribution is -2.47. The van der Waals surface area contributed by atoms with E-state index in [1.807, 2.05) is 0 Å². The molecule has 1 aromatic carbocycles. The highest BCUT2D eigenvalue weighted by Gasteiger charge is 2.25. The first kappa shape index (κ1) is 22.7. The van der Waals surface area contributed by atoms with Gasteiger partial charge in [-0.1, -0.05) is 11.6 Å². The van der Waals surface area contributed by atoms with Crippen LogP contribution in [0.2, 0.25) is 5.02 Å². The molecule has 1 aliphatic heterocycles. The van der Waals surface area contributed by atoms with Crippen LogP contribution in [-0.2, 0) is 0 Å². The zero-order chi connectivity index (χ0) is 21.0. The average molecular weight is 486 g/mol. The van der Waals surface area contributed by atoms with Crippen molar-refractivity contribution in [1.82, 2.24) is 15.1 Å². The van der Waals surface area contributed by atoms with E-state index in [0.717, 1.165) is 60.1 Å². The summed E-state index contributed by atoms with van der Waals surface area (Å²) < 4.78 is 0.981. The van der Waals surface area contributed by atoms with Crippen molar-refractivity contribution in [3.8, 4) is 0 Å². The number of carbonyl (C=O) groups is 1. The number of amides is 2. The Hall–Kier alpha value is -0.980. The molecular weight excluding hydrogens is 452 g/mol. The molecule has 1 heterocycles. The number of aryl methyl sites for hydroxylation is 1. The van der Waals surface area contributed by atoms with Gasteiger partial charge in [0.15, 0.2) is 0 Å². The molecule has 0 aromatic heterocycles. The van der Waals surface area contributed by atoms with Crippen LogP contribution in [0.15, 0.2) is 16.6 Å². The summed E-state index contributed by atoms with van der Waals surface area (Å²) >= 11 is 10.1. The number of halogens is 2. The highest BCUT2D eigenvalue weighted by molar-refractivity contribution is 9.10. The Morgan fingerprint density at radius 3 is 2.45 bits per heavy atom. The summed E-state index contributed by atoms with van der Waals surface area (Å²) in [7, 11) is 3.60. The lowest BCUT2D eigenvalue weighted by atomic mass is 9.84. The Bertz CT molecular complexity index is 698. The van der Waals surface area contributed by atoms with E-state index in [4.69, 9.17) is 11.6 Å². The molecule has 0 spiro atoms. The molecule has 1 aromatic rings. The minimum atomic E-state index is 0.0343. The first-order chi connectivity index (χ1) is 13.8. The fraction of sp³-hybridized carbons (Fsp3) is 0.682. The molecule has 3 rings (SSSR count). The molecule has 0 bridgehead atoms. The van der Waals surface area contributed by atoms with Gasteiger partial charge in [0.25, 0.3) is 0 Å². The topological polar surface area (TPSA) is 38.8 Å². The zero-order valence-corrected chi connectivity index (χ0v) is 20.2. The van der Waals surface area contributed by atoms with Gasteiger partial charge in [0.2, 0.25) is 0 Å². The van der Waals surface area contributed by atoms with Crippen LogP contribution in [0.25, 0.3) is 0 Å². The van der Waals surface area contributed by atoms with Crippen LogP contribution < -0.4 is 10.2 Å². The number of piperazine rings is 1. The quantitative estimate of drug-likeness (QED) is 0.654. The molecule has 1 saturated carbocycles. The van der Waals surface area contributed by atoms with Crippen LogP contribution >= 0.6 is 27.5 Å². The molecular formula is C22H34BrClN4O. The third-order valence-electron chi connectivity index (χ3n) is 6.30. The fourth-order valence-electron chi connectivity index (χ4n) is 4.41. The lowest BCUT2D eigenvalue weighted by molar-refractivity contribution is 0.194.